The van der Waals surface area contributed by atoms with E-state index in [1.165, 1.54) is 19.3 Å². The van der Waals surface area contributed by atoms with Gasteiger partial charge in [0.1, 0.15) is 0 Å². The summed E-state index contributed by atoms with van der Waals surface area (Å²) < 4.78 is 0. The third-order valence-electron chi connectivity index (χ3n) is 4.32. The maximum Gasteiger partial charge on any atom is 0.225 e. The van der Waals surface area contributed by atoms with Crippen LogP contribution in [-0.4, -0.2) is 55.0 Å². The maximum atomic E-state index is 12.4. The molecule has 1 unspecified atom stereocenters. The Morgan fingerprint density at radius 1 is 1.24 bits per heavy atom. The van der Waals surface area contributed by atoms with Crippen molar-refractivity contribution in [1.29, 1.82) is 0 Å². The molecule has 98 valence electrons. The molecule has 1 heterocycles. The van der Waals surface area contributed by atoms with Crippen LogP contribution in [0.25, 0.3) is 0 Å². The van der Waals surface area contributed by atoms with Crippen LogP contribution in [0.5, 0.6) is 0 Å². The molecule has 1 aliphatic carbocycles. The summed E-state index contributed by atoms with van der Waals surface area (Å²) in [6, 6.07) is 0.344. The minimum Gasteiger partial charge on any atom is -0.340 e. The Bertz CT molecular complexity index is 263. The number of hydrogen-bond donors (Lipinski definition) is 1. The number of nitrogens with zero attached hydrogens (tertiary/aromatic N) is 2. The van der Waals surface area contributed by atoms with Crippen molar-refractivity contribution in [3.63, 3.8) is 0 Å². The van der Waals surface area contributed by atoms with E-state index in [0.29, 0.717) is 24.4 Å². The first-order valence-electron chi connectivity index (χ1n) is 6.91. The highest BCUT2D eigenvalue weighted by Crippen LogP contribution is 2.26. The van der Waals surface area contributed by atoms with Crippen molar-refractivity contribution in [2.75, 3.05) is 33.2 Å². The summed E-state index contributed by atoms with van der Waals surface area (Å²) in [5, 5.41) is 0. The van der Waals surface area contributed by atoms with E-state index in [-0.39, 0.29) is 0 Å². The number of amides is 1. The Balaban J connectivity index is 1.90. The molecule has 2 fully saturated rings. The zero-order valence-electron chi connectivity index (χ0n) is 10.9. The lowest BCUT2D eigenvalue weighted by molar-refractivity contribution is -0.139. The van der Waals surface area contributed by atoms with Crippen LogP contribution in [0.2, 0.25) is 0 Å². The fourth-order valence-electron chi connectivity index (χ4n) is 3.01. The zero-order valence-corrected chi connectivity index (χ0v) is 10.9. The molecule has 1 saturated carbocycles. The van der Waals surface area contributed by atoms with Gasteiger partial charge in [0.15, 0.2) is 0 Å². The van der Waals surface area contributed by atoms with Crippen LogP contribution in [0, 0.1) is 5.92 Å². The summed E-state index contributed by atoms with van der Waals surface area (Å²) in [5.41, 5.74) is 5.75. The first-order valence-corrected chi connectivity index (χ1v) is 6.91. The third-order valence-corrected chi connectivity index (χ3v) is 4.32. The van der Waals surface area contributed by atoms with Crippen LogP contribution in [0.3, 0.4) is 0 Å². The molecule has 4 nitrogen and oxygen atoms in total. The van der Waals surface area contributed by atoms with Gasteiger partial charge in [0.05, 0.1) is 0 Å². The summed E-state index contributed by atoms with van der Waals surface area (Å²) in [6.45, 7) is 3.30. The number of piperazine rings is 1. The van der Waals surface area contributed by atoms with Gasteiger partial charge in [0.25, 0.3) is 0 Å². The largest absolute Gasteiger partial charge is 0.340 e. The highest BCUT2D eigenvalue weighted by atomic mass is 16.2. The number of carbonyl (C=O) groups excluding carboxylic acids is 1. The standard InChI is InChI=1S/C13H25N3O/c1-15-7-8-16(10-12(15)9-14)13(17)11-5-3-2-4-6-11/h11-12H,2-10,14H2,1H3. The van der Waals surface area contributed by atoms with E-state index < -0.39 is 0 Å². The van der Waals surface area contributed by atoms with Crippen LogP contribution < -0.4 is 5.73 Å². The Kier molecular flexibility index (Phi) is 4.40. The van der Waals surface area contributed by atoms with Gasteiger partial charge in [-0.05, 0) is 19.9 Å². The van der Waals surface area contributed by atoms with Crippen molar-refractivity contribution in [3.8, 4) is 0 Å². The maximum absolute atomic E-state index is 12.4. The molecule has 17 heavy (non-hydrogen) atoms. The Labute approximate surface area is 104 Å². The molecule has 1 saturated heterocycles. The molecule has 0 spiro atoms. The van der Waals surface area contributed by atoms with Gasteiger partial charge >= 0.3 is 0 Å². The van der Waals surface area contributed by atoms with Crippen LogP contribution >= 0.6 is 0 Å². The second-order valence-electron chi connectivity index (χ2n) is 5.49. The summed E-state index contributed by atoms with van der Waals surface area (Å²) in [5.74, 6) is 0.682. The van der Waals surface area contributed by atoms with Crippen LogP contribution in [0.4, 0.5) is 0 Å². The molecular weight excluding hydrogens is 214 g/mol. The van der Waals surface area contributed by atoms with Gasteiger partial charge in [-0.25, -0.2) is 0 Å². The molecule has 2 aliphatic rings. The van der Waals surface area contributed by atoms with E-state index in [1.807, 2.05) is 4.90 Å². The minimum atomic E-state index is 0.297. The molecule has 2 N–H and O–H groups in total. The molecule has 2 rings (SSSR count). The van der Waals surface area contributed by atoms with Crippen LogP contribution in [0.1, 0.15) is 32.1 Å². The number of carbonyl (C=O) groups is 1. The van der Waals surface area contributed by atoms with Crippen molar-refractivity contribution < 1.29 is 4.79 Å². The SMILES string of the molecule is CN1CCN(C(=O)C2CCCCC2)CC1CN. The molecular formula is C13H25N3O. The first-order chi connectivity index (χ1) is 8.22. The Morgan fingerprint density at radius 2 is 1.94 bits per heavy atom. The Hall–Kier alpha value is -0.610. The highest BCUT2D eigenvalue weighted by molar-refractivity contribution is 5.79. The zero-order chi connectivity index (χ0) is 12.3. The molecule has 0 aromatic carbocycles. The van der Waals surface area contributed by atoms with E-state index in [1.54, 1.807) is 0 Å². The van der Waals surface area contributed by atoms with Gasteiger partial charge in [0.2, 0.25) is 5.91 Å². The van der Waals surface area contributed by atoms with Crippen molar-refractivity contribution in [2.24, 2.45) is 11.7 Å². The van der Waals surface area contributed by atoms with Crippen molar-refractivity contribution in [2.45, 2.75) is 38.1 Å². The predicted molar refractivity (Wildman–Crippen MR) is 68.6 cm³/mol. The van der Waals surface area contributed by atoms with Gasteiger partial charge in [0, 0.05) is 38.1 Å². The molecule has 0 aromatic rings. The fraction of sp³-hybridized carbons (Fsp3) is 0.923. The van der Waals surface area contributed by atoms with Gasteiger partial charge in [-0.3, -0.25) is 9.69 Å². The summed E-state index contributed by atoms with van der Waals surface area (Å²) >= 11 is 0. The topological polar surface area (TPSA) is 49.6 Å². The molecule has 0 radical (unpaired) electrons. The predicted octanol–water partition coefficient (Wildman–Crippen LogP) is 0.668. The van der Waals surface area contributed by atoms with Gasteiger partial charge in [-0.2, -0.15) is 0 Å². The highest BCUT2D eigenvalue weighted by Gasteiger charge is 2.30. The lowest BCUT2D eigenvalue weighted by Crippen LogP contribution is -2.56. The second kappa shape index (κ2) is 5.83. The lowest BCUT2D eigenvalue weighted by Gasteiger charge is -2.40. The smallest absolute Gasteiger partial charge is 0.225 e. The normalized spacial score (nSPS) is 28.4. The van der Waals surface area contributed by atoms with Gasteiger partial charge in [-0.1, -0.05) is 19.3 Å². The summed E-state index contributed by atoms with van der Waals surface area (Å²) in [6.07, 6.45) is 5.95. The quantitative estimate of drug-likeness (QED) is 0.770. The lowest BCUT2D eigenvalue weighted by atomic mass is 9.88. The number of likely N-dealkylation sites (N-methyl/N-ethyl adjacent to an activating group) is 1. The van der Waals surface area contributed by atoms with E-state index in [2.05, 4.69) is 11.9 Å². The average Bonchev–Trinajstić information content (AvgIpc) is 2.39. The second-order valence-corrected chi connectivity index (χ2v) is 5.49. The number of nitrogens with two attached hydrogens (primary N) is 1. The minimum absolute atomic E-state index is 0.297. The van der Waals surface area contributed by atoms with Gasteiger partial charge < -0.3 is 10.6 Å². The average molecular weight is 239 g/mol. The number of rotatable bonds is 2. The van der Waals surface area contributed by atoms with Crippen LogP contribution in [-0.2, 0) is 4.79 Å². The third kappa shape index (κ3) is 2.99. The van der Waals surface area contributed by atoms with Crippen molar-refractivity contribution >= 4 is 5.91 Å². The summed E-state index contributed by atoms with van der Waals surface area (Å²) in [7, 11) is 2.10. The monoisotopic (exact) mass is 239 g/mol. The fourth-order valence-corrected chi connectivity index (χ4v) is 3.01. The molecule has 4 heteroatoms. The molecule has 1 aliphatic heterocycles. The van der Waals surface area contributed by atoms with E-state index in [9.17, 15) is 4.79 Å². The van der Waals surface area contributed by atoms with Crippen molar-refractivity contribution in [3.05, 3.63) is 0 Å². The molecule has 1 amide bonds. The Morgan fingerprint density at radius 3 is 2.59 bits per heavy atom. The van der Waals surface area contributed by atoms with Crippen molar-refractivity contribution in [1.82, 2.24) is 9.80 Å². The molecule has 1 atom stereocenters. The summed E-state index contributed by atoms with van der Waals surface area (Å²) in [4.78, 5) is 16.7. The van der Waals surface area contributed by atoms with Crippen LogP contribution in [0.15, 0.2) is 0 Å². The van der Waals surface area contributed by atoms with E-state index in [0.717, 1.165) is 32.5 Å². The molecule has 0 aromatic heterocycles. The molecule has 0 bridgehead atoms. The van der Waals surface area contributed by atoms with E-state index >= 15 is 0 Å². The van der Waals surface area contributed by atoms with E-state index in [4.69, 9.17) is 5.73 Å². The number of hydrogen-bond acceptors (Lipinski definition) is 3. The first kappa shape index (κ1) is 12.8. The van der Waals surface area contributed by atoms with Gasteiger partial charge in [-0.15, -0.1) is 0 Å².